The lowest BCUT2D eigenvalue weighted by atomic mass is 10.0. The Morgan fingerprint density at radius 2 is 1.79 bits per heavy atom. The van der Waals surface area contributed by atoms with Crippen molar-refractivity contribution in [3.05, 3.63) is 29.8 Å². The maximum absolute atomic E-state index is 12.9. The van der Waals surface area contributed by atoms with E-state index in [0.29, 0.717) is 18.9 Å². The van der Waals surface area contributed by atoms with Gasteiger partial charge in [-0.1, -0.05) is 26.0 Å². The van der Waals surface area contributed by atoms with Crippen LogP contribution in [-0.4, -0.2) is 19.6 Å². The summed E-state index contributed by atoms with van der Waals surface area (Å²) in [5, 5.41) is 0. The summed E-state index contributed by atoms with van der Waals surface area (Å²) in [4.78, 5) is 1.62. The molecule has 2 N–H and O–H groups in total. The van der Waals surface area contributed by atoms with E-state index in [1.807, 2.05) is 13.8 Å². The highest BCUT2D eigenvalue weighted by Gasteiger charge is 2.34. The van der Waals surface area contributed by atoms with Crippen molar-refractivity contribution in [2.75, 3.05) is 18.5 Å². The highest BCUT2D eigenvalue weighted by atomic mass is 19.4. The maximum Gasteiger partial charge on any atom is 0.418 e. The fourth-order valence-corrected chi connectivity index (χ4v) is 1.84. The van der Waals surface area contributed by atoms with Crippen molar-refractivity contribution in [3.63, 3.8) is 0 Å². The predicted molar refractivity (Wildman–Crippen MR) is 72.1 cm³/mol. The van der Waals surface area contributed by atoms with E-state index in [1.165, 1.54) is 12.1 Å². The Kier molecular flexibility index (Phi) is 5.23. The van der Waals surface area contributed by atoms with Crippen LogP contribution >= 0.6 is 0 Å². The molecule has 0 radical (unpaired) electrons. The Morgan fingerprint density at radius 3 is 2.32 bits per heavy atom. The van der Waals surface area contributed by atoms with Crippen molar-refractivity contribution in [1.82, 2.24) is 0 Å². The number of nitrogens with two attached hydrogens (primary N) is 1. The molecule has 2 nitrogen and oxygen atoms in total. The van der Waals surface area contributed by atoms with Crippen LogP contribution in [0.15, 0.2) is 24.3 Å². The van der Waals surface area contributed by atoms with Gasteiger partial charge in [0.25, 0.3) is 0 Å². The number of hydrogen-bond donors (Lipinski definition) is 1. The number of hydrogen-bond acceptors (Lipinski definition) is 2. The Bertz CT molecular complexity index is 402. The van der Waals surface area contributed by atoms with Crippen molar-refractivity contribution in [2.45, 2.75) is 32.5 Å². The topological polar surface area (TPSA) is 29.3 Å². The minimum absolute atomic E-state index is 0.000462. The summed E-state index contributed by atoms with van der Waals surface area (Å²) in [6.45, 7) is 4.52. The molecule has 0 aromatic heterocycles. The first-order valence-electron chi connectivity index (χ1n) is 6.36. The summed E-state index contributed by atoms with van der Waals surface area (Å²) in [5.74, 6) is 0.325. The smallest absolute Gasteiger partial charge is 0.374 e. The van der Waals surface area contributed by atoms with Gasteiger partial charge < -0.3 is 10.6 Å². The number of halogens is 3. The first-order valence-corrected chi connectivity index (χ1v) is 6.36. The molecule has 1 aromatic rings. The lowest BCUT2D eigenvalue weighted by Gasteiger charge is -2.25. The molecule has 0 fully saturated rings. The summed E-state index contributed by atoms with van der Waals surface area (Å²) < 4.78 is 38.7. The van der Waals surface area contributed by atoms with E-state index in [9.17, 15) is 13.2 Å². The van der Waals surface area contributed by atoms with Gasteiger partial charge in [0.05, 0.1) is 5.56 Å². The fraction of sp³-hybridized carbons (Fsp3) is 0.571. The van der Waals surface area contributed by atoms with Gasteiger partial charge in [-0.3, -0.25) is 0 Å². The van der Waals surface area contributed by atoms with Crippen molar-refractivity contribution in [3.8, 4) is 0 Å². The second kappa shape index (κ2) is 6.28. The zero-order chi connectivity index (χ0) is 14.6. The van der Waals surface area contributed by atoms with E-state index < -0.39 is 11.7 Å². The molecule has 0 aliphatic rings. The molecular weight excluding hydrogens is 253 g/mol. The third kappa shape index (κ3) is 4.42. The molecule has 0 heterocycles. The molecule has 0 spiro atoms. The van der Waals surface area contributed by atoms with Gasteiger partial charge in [0, 0.05) is 25.3 Å². The standard InChI is InChI=1S/C14H21F3N2/c1-10(2)12(18)8-9-19(3)13-7-5-4-6-11(13)14(15,16)17/h4-7,10,12H,8-9,18H2,1-3H3. The van der Waals surface area contributed by atoms with Gasteiger partial charge in [-0.05, 0) is 24.5 Å². The van der Waals surface area contributed by atoms with Gasteiger partial charge >= 0.3 is 6.18 Å². The van der Waals surface area contributed by atoms with Crippen LogP contribution in [0.1, 0.15) is 25.8 Å². The van der Waals surface area contributed by atoms with Gasteiger partial charge in [-0.25, -0.2) is 0 Å². The molecule has 108 valence electrons. The summed E-state index contributed by atoms with van der Waals surface area (Å²) in [6, 6.07) is 5.61. The average Bonchev–Trinajstić information content (AvgIpc) is 2.34. The minimum Gasteiger partial charge on any atom is -0.374 e. The molecule has 5 heteroatoms. The van der Waals surface area contributed by atoms with Crippen LogP contribution in [0.4, 0.5) is 18.9 Å². The molecule has 0 aliphatic carbocycles. The van der Waals surface area contributed by atoms with Crippen LogP contribution in [0.2, 0.25) is 0 Å². The summed E-state index contributed by atoms with van der Waals surface area (Å²) in [5.41, 5.74) is 5.52. The minimum atomic E-state index is -4.33. The molecule has 0 saturated heterocycles. The van der Waals surface area contributed by atoms with Crippen LogP contribution in [0.5, 0.6) is 0 Å². The van der Waals surface area contributed by atoms with Gasteiger partial charge in [0.1, 0.15) is 0 Å². The molecule has 1 aromatic carbocycles. The Balaban J connectivity index is 2.80. The van der Waals surface area contributed by atoms with Crippen molar-refractivity contribution < 1.29 is 13.2 Å². The van der Waals surface area contributed by atoms with Crippen LogP contribution < -0.4 is 10.6 Å². The number of nitrogens with zero attached hydrogens (tertiary/aromatic N) is 1. The summed E-state index contributed by atoms with van der Waals surface area (Å²) in [7, 11) is 1.66. The largest absolute Gasteiger partial charge is 0.418 e. The van der Waals surface area contributed by atoms with Crippen molar-refractivity contribution in [1.29, 1.82) is 0 Å². The van der Waals surface area contributed by atoms with Gasteiger partial charge in [-0.2, -0.15) is 13.2 Å². The summed E-state index contributed by atoms with van der Waals surface area (Å²) in [6.07, 6.45) is -3.66. The predicted octanol–water partition coefficient (Wildman–Crippen LogP) is 3.52. The van der Waals surface area contributed by atoms with E-state index in [4.69, 9.17) is 5.73 Å². The first kappa shape index (κ1) is 15.8. The Labute approximate surface area is 112 Å². The molecule has 0 amide bonds. The molecule has 1 rings (SSSR count). The lowest BCUT2D eigenvalue weighted by Crippen LogP contribution is -2.32. The van der Waals surface area contributed by atoms with Gasteiger partial charge in [-0.15, -0.1) is 0 Å². The molecule has 1 unspecified atom stereocenters. The van der Waals surface area contributed by atoms with Crippen LogP contribution in [-0.2, 0) is 6.18 Å². The van der Waals surface area contributed by atoms with E-state index in [1.54, 1.807) is 18.0 Å². The summed E-state index contributed by atoms with van der Waals surface area (Å²) >= 11 is 0. The maximum atomic E-state index is 12.9. The van der Waals surface area contributed by atoms with Crippen LogP contribution in [0.3, 0.4) is 0 Å². The highest BCUT2D eigenvalue weighted by Crippen LogP contribution is 2.36. The van der Waals surface area contributed by atoms with Gasteiger partial charge in [0.15, 0.2) is 0 Å². The molecule has 0 aliphatic heterocycles. The zero-order valence-electron chi connectivity index (χ0n) is 11.5. The number of rotatable bonds is 5. The first-order chi connectivity index (χ1) is 8.73. The molecule has 0 saturated carbocycles. The fourth-order valence-electron chi connectivity index (χ4n) is 1.84. The molecule has 19 heavy (non-hydrogen) atoms. The average molecular weight is 274 g/mol. The molecular formula is C14H21F3N2. The second-order valence-electron chi connectivity index (χ2n) is 5.13. The highest BCUT2D eigenvalue weighted by molar-refractivity contribution is 5.54. The number of para-hydroxylation sites is 1. The number of benzene rings is 1. The third-order valence-electron chi connectivity index (χ3n) is 3.27. The second-order valence-corrected chi connectivity index (χ2v) is 5.13. The lowest BCUT2D eigenvalue weighted by molar-refractivity contribution is -0.137. The van der Waals surface area contributed by atoms with Crippen molar-refractivity contribution in [2.24, 2.45) is 11.7 Å². The molecule has 1 atom stereocenters. The van der Waals surface area contributed by atoms with E-state index in [0.717, 1.165) is 6.07 Å². The number of anilines is 1. The normalized spacial score (nSPS) is 13.7. The van der Waals surface area contributed by atoms with E-state index >= 15 is 0 Å². The molecule has 0 bridgehead atoms. The van der Waals surface area contributed by atoms with Crippen LogP contribution in [0.25, 0.3) is 0 Å². The quantitative estimate of drug-likeness (QED) is 0.890. The van der Waals surface area contributed by atoms with E-state index in [2.05, 4.69) is 0 Å². The number of alkyl halides is 3. The third-order valence-corrected chi connectivity index (χ3v) is 3.27. The van der Waals surface area contributed by atoms with E-state index in [-0.39, 0.29) is 11.7 Å². The van der Waals surface area contributed by atoms with Crippen molar-refractivity contribution >= 4 is 5.69 Å². The monoisotopic (exact) mass is 274 g/mol. The van der Waals surface area contributed by atoms with Gasteiger partial charge in [0.2, 0.25) is 0 Å². The Hall–Kier alpha value is -1.23. The SMILES string of the molecule is CC(C)C(N)CCN(C)c1ccccc1C(F)(F)F. The Morgan fingerprint density at radius 1 is 1.21 bits per heavy atom. The van der Waals surface area contributed by atoms with Crippen LogP contribution in [0, 0.1) is 5.92 Å². The zero-order valence-corrected chi connectivity index (χ0v) is 11.5.